The summed E-state index contributed by atoms with van der Waals surface area (Å²) in [5.74, 6) is 2.55. The van der Waals surface area contributed by atoms with Crippen molar-refractivity contribution in [1.82, 2.24) is 25.0 Å². The maximum atomic E-state index is 12.7. The predicted octanol–water partition coefficient (Wildman–Crippen LogP) is 3.23. The number of aryl methyl sites for hydroxylation is 1. The molecule has 0 fully saturated rings. The molecule has 0 saturated heterocycles. The van der Waals surface area contributed by atoms with Gasteiger partial charge >= 0.3 is 6.18 Å². The first kappa shape index (κ1) is 20.2. The Morgan fingerprint density at radius 3 is 2.61 bits per heavy atom. The van der Waals surface area contributed by atoms with Crippen LogP contribution < -0.4 is 5.32 Å². The number of benzene rings is 1. The number of halogens is 3. The highest BCUT2D eigenvalue weighted by Crippen LogP contribution is 2.29. The lowest BCUT2D eigenvalue weighted by atomic mass is 10.1. The van der Waals surface area contributed by atoms with E-state index in [4.69, 9.17) is 0 Å². The zero-order valence-electron chi connectivity index (χ0n) is 16.1. The van der Waals surface area contributed by atoms with Crippen LogP contribution in [0.4, 0.5) is 13.2 Å². The van der Waals surface area contributed by atoms with E-state index in [2.05, 4.69) is 25.1 Å². The van der Waals surface area contributed by atoms with Gasteiger partial charge in [0.1, 0.15) is 5.82 Å². The van der Waals surface area contributed by atoms with Gasteiger partial charge in [-0.15, -0.1) is 10.2 Å². The first-order valence-electron chi connectivity index (χ1n) is 9.37. The van der Waals surface area contributed by atoms with Gasteiger partial charge in [-0.25, -0.2) is 0 Å². The molecule has 28 heavy (non-hydrogen) atoms. The lowest BCUT2D eigenvalue weighted by molar-refractivity contribution is -0.137. The molecule has 152 valence electrons. The van der Waals surface area contributed by atoms with Crippen molar-refractivity contribution in [3.8, 4) is 0 Å². The molecule has 1 N–H and O–H groups in total. The van der Waals surface area contributed by atoms with E-state index in [0.29, 0.717) is 19.0 Å². The third-order valence-corrected chi connectivity index (χ3v) is 4.87. The molecule has 0 atom stereocenters. The van der Waals surface area contributed by atoms with Crippen LogP contribution in [0.1, 0.15) is 42.0 Å². The molecule has 0 bridgehead atoms. The number of nitrogens with zero attached hydrogens (tertiary/aromatic N) is 5. The molecule has 2 aromatic rings. The first-order chi connectivity index (χ1) is 13.4. The summed E-state index contributed by atoms with van der Waals surface area (Å²) in [5.41, 5.74) is 0.128. The van der Waals surface area contributed by atoms with Crippen LogP contribution in [0.25, 0.3) is 0 Å². The van der Waals surface area contributed by atoms with E-state index in [-0.39, 0.29) is 0 Å². The van der Waals surface area contributed by atoms with Crippen molar-refractivity contribution in [1.29, 1.82) is 0 Å². The Kier molecular flexibility index (Phi) is 6.21. The van der Waals surface area contributed by atoms with Crippen LogP contribution in [-0.2, 0) is 32.2 Å². The monoisotopic (exact) mass is 394 g/mol. The molecular weight excluding hydrogens is 369 g/mol. The summed E-state index contributed by atoms with van der Waals surface area (Å²) in [7, 11) is 3.52. The van der Waals surface area contributed by atoms with E-state index >= 15 is 0 Å². The highest BCUT2D eigenvalue weighted by atomic mass is 19.4. The summed E-state index contributed by atoms with van der Waals surface area (Å²) in [5, 5.41) is 11.9. The number of rotatable bonds is 4. The third kappa shape index (κ3) is 4.82. The third-order valence-electron chi connectivity index (χ3n) is 4.87. The Labute approximate surface area is 162 Å². The molecule has 1 aromatic carbocycles. The Morgan fingerprint density at radius 2 is 1.93 bits per heavy atom. The summed E-state index contributed by atoms with van der Waals surface area (Å²) in [4.78, 5) is 6.13. The van der Waals surface area contributed by atoms with E-state index in [9.17, 15) is 13.2 Å². The number of aliphatic imine (C=N–C) groups is 1. The predicted molar refractivity (Wildman–Crippen MR) is 101 cm³/mol. The molecule has 0 spiro atoms. The molecule has 0 radical (unpaired) electrons. The van der Waals surface area contributed by atoms with Crippen LogP contribution in [0, 0.1) is 0 Å². The van der Waals surface area contributed by atoms with Gasteiger partial charge in [0.05, 0.1) is 12.1 Å². The van der Waals surface area contributed by atoms with Crippen molar-refractivity contribution in [3.05, 3.63) is 47.0 Å². The van der Waals surface area contributed by atoms with Crippen molar-refractivity contribution in [2.24, 2.45) is 4.99 Å². The molecule has 0 saturated carbocycles. The number of fused-ring (bicyclic) bond motifs is 1. The van der Waals surface area contributed by atoms with Crippen molar-refractivity contribution in [2.45, 2.75) is 51.5 Å². The second-order valence-corrected chi connectivity index (χ2v) is 6.95. The summed E-state index contributed by atoms with van der Waals surface area (Å²) >= 11 is 0. The average molecular weight is 394 g/mol. The van der Waals surface area contributed by atoms with Crippen LogP contribution in [0.3, 0.4) is 0 Å². The molecule has 1 aromatic heterocycles. The number of guanidine groups is 1. The number of hydrogen-bond donors (Lipinski definition) is 1. The molecule has 1 aliphatic rings. The molecule has 0 aliphatic carbocycles. The molecule has 6 nitrogen and oxygen atoms in total. The lowest BCUT2D eigenvalue weighted by Crippen LogP contribution is -2.38. The standard InChI is InChI=1S/C19H25F3N6/c1-23-18(24-12-17-26-25-16-6-4-3-5-11-28(16)17)27(2)13-14-7-9-15(10-8-14)19(20,21)22/h7-10H,3-6,11-13H2,1-2H3,(H,23,24). The summed E-state index contributed by atoms with van der Waals surface area (Å²) in [6.07, 6.45) is 0.102. The maximum Gasteiger partial charge on any atom is 0.416 e. The Balaban J connectivity index is 1.60. The van der Waals surface area contributed by atoms with Gasteiger partial charge in [-0.1, -0.05) is 18.6 Å². The van der Waals surface area contributed by atoms with Crippen molar-refractivity contribution in [2.75, 3.05) is 14.1 Å². The largest absolute Gasteiger partial charge is 0.416 e. The fraction of sp³-hybridized carbons (Fsp3) is 0.526. The van der Waals surface area contributed by atoms with Crippen LogP contribution in [-0.4, -0.2) is 39.7 Å². The zero-order chi connectivity index (χ0) is 20.1. The van der Waals surface area contributed by atoms with Gasteiger partial charge in [0, 0.05) is 33.6 Å². The van der Waals surface area contributed by atoms with Crippen molar-refractivity contribution >= 4 is 5.96 Å². The van der Waals surface area contributed by atoms with Crippen molar-refractivity contribution in [3.63, 3.8) is 0 Å². The molecule has 3 rings (SSSR count). The SMILES string of the molecule is CN=C(NCc1nnc2n1CCCCC2)N(C)Cc1ccc(C(F)(F)F)cc1. The minimum absolute atomic E-state index is 0.440. The average Bonchev–Trinajstić information content (AvgIpc) is 2.88. The second-order valence-electron chi connectivity index (χ2n) is 6.95. The fourth-order valence-corrected chi connectivity index (χ4v) is 3.37. The second kappa shape index (κ2) is 8.62. The van der Waals surface area contributed by atoms with Gasteiger partial charge in [-0.3, -0.25) is 4.99 Å². The number of alkyl halides is 3. The van der Waals surface area contributed by atoms with Crippen LogP contribution in [0.15, 0.2) is 29.3 Å². The van der Waals surface area contributed by atoms with Crippen LogP contribution in [0.2, 0.25) is 0 Å². The fourth-order valence-electron chi connectivity index (χ4n) is 3.37. The highest BCUT2D eigenvalue weighted by molar-refractivity contribution is 5.79. The molecule has 9 heteroatoms. The quantitative estimate of drug-likeness (QED) is 0.639. The number of aromatic nitrogens is 3. The normalized spacial score (nSPS) is 15.1. The Bertz CT molecular complexity index is 810. The van der Waals surface area contributed by atoms with Gasteiger partial charge in [-0.2, -0.15) is 13.2 Å². The highest BCUT2D eigenvalue weighted by Gasteiger charge is 2.30. The Hall–Kier alpha value is -2.58. The molecule has 0 amide bonds. The smallest absolute Gasteiger partial charge is 0.349 e. The zero-order valence-corrected chi connectivity index (χ0v) is 16.1. The van der Waals surface area contributed by atoms with Crippen LogP contribution >= 0.6 is 0 Å². The lowest BCUT2D eigenvalue weighted by Gasteiger charge is -2.22. The van der Waals surface area contributed by atoms with E-state index in [1.54, 1.807) is 7.05 Å². The first-order valence-corrected chi connectivity index (χ1v) is 9.37. The van der Waals surface area contributed by atoms with Gasteiger partial charge in [-0.05, 0) is 30.5 Å². The van der Waals surface area contributed by atoms with Gasteiger partial charge in [0.2, 0.25) is 0 Å². The van der Waals surface area contributed by atoms with E-state index in [1.807, 2.05) is 11.9 Å². The van der Waals surface area contributed by atoms with E-state index < -0.39 is 11.7 Å². The van der Waals surface area contributed by atoms with Gasteiger partial charge in [0.15, 0.2) is 11.8 Å². The summed E-state index contributed by atoms with van der Waals surface area (Å²) in [6, 6.07) is 5.19. The van der Waals surface area contributed by atoms with Gasteiger partial charge in [0.25, 0.3) is 0 Å². The number of nitrogens with one attached hydrogen (secondary N) is 1. The summed E-state index contributed by atoms with van der Waals surface area (Å²) < 4.78 is 40.2. The maximum absolute atomic E-state index is 12.7. The van der Waals surface area contributed by atoms with E-state index in [0.717, 1.165) is 55.2 Å². The minimum Gasteiger partial charge on any atom is -0.349 e. The number of hydrogen-bond acceptors (Lipinski definition) is 3. The molecule has 2 heterocycles. The minimum atomic E-state index is -4.32. The summed E-state index contributed by atoms with van der Waals surface area (Å²) in [6.45, 7) is 1.87. The van der Waals surface area contributed by atoms with Crippen LogP contribution in [0.5, 0.6) is 0 Å². The topological polar surface area (TPSA) is 58.3 Å². The molecule has 1 aliphatic heterocycles. The van der Waals surface area contributed by atoms with E-state index in [1.165, 1.54) is 18.6 Å². The van der Waals surface area contributed by atoms with Crippen molar-refractivity contribution < 1.29 is 13.2 Å². The van der Waals surface area contributed by atoms with Gasteiger partial charge < -0.3 is 14.8 Å². The molecular formula is C19H25F3N6. The Morgan fingerprint density at radius 1 is 1.18 bits per heavy atom. The molecule has 0 unspecified atom stereocenters.